The van der Waals surface area contributed by atoms with Gasteiger partial charge in [0.2, 0.25) is 0 Å². The summed E-state index contributed by atoms with van der Waals surface area (Å²) in [4.78, 5) is 9.46. The Morgan fingerprint density at radius 3 is 2.63 bits per heavy atom. The molecule has 2 heterocycles. The third kappa shape index (κ3) is 4.16. The van der Waals surface area contributed by atoms with Crippen LogP contribution < -0.4 is 10.6 Å². The topological polar surface area (TPSA) is 45.4 Å². The number of halogens is 1. The summed E-state index contributed by atoms with van der Waals surface area (Å²) in [5.74, 6) is 1.13. The summed E-state index contributed by atoms with van der Waals surface area (Å²) >= 11 is 3.47. The van der Waals surface area contributed by atoms with Crippen LogP contribution in [0.4, 0.5) is 5.82 Å². The predicted octanol–water partition coefficient (Wildman–Crippen LogP) is 2.01. The van der Waals surface area contributed by atoms with Gasteiger partial charge >= 0.3 is 0 Å². The molecule has 0 aromatic carbocycles. The second-order valence-electron chi connectivity index (χ2n) is 5.12. The number of aryl methyl sites for hydroxylation is 1. The van der Waals surface area contributed by atoms with Crippen LogP contribution in [0.2, 0.25) is 0 Å². The number of anilines is 1. The van der Waals surface area contributed by atoms with Crippen molar-refractivity contribution in [3.8, 4) is 0 Å². The lowest BCUT2D eigenvalue weighted by molar-refractivity contribution is 0.253. The van der Waals surface area contributed by atoms with E-state index in [-0.39, 0.29) is 0 Å². The Bertz CT molecular complexity index is 402. The molecule has 1 saturated heterocycles. The van der Waals surface area contributed by atoms with Crippen molar-refractivity contribution in [3.63, 3.8) is 0 Å². The highest BCUT2D eigenvalue weighted by Crippen LogP contribution is 2.21. The molecule has 1 aliphatic rings. The zero-order chi connectivity index (χ0) is 13.7. The number of rotatable bonds is 5. The predicted molar refractivity (Wildman–Crippen MR) is 83.6 cm³/mol. The lowest BCUT2D eigenvalue weighted by Crippen LogP contribution is -2.47. The van der Waals surface area contributed by atoms with E-state index in [2.05, 4.69) is 43.7 Å². The Balaban J connectivity index is 1.85. The van der Waals surface area contributed by atoms with Gasteiger partial charge < -0.3 is 10.6 Å². The Morgan fingerprint density at radius 1 is 1.26 bits per heavy atom. The number of nitrogens with zero attached hydrogens (tertiary/aromatic N) is 3. The van der Waals surface area contributed by atoms with E-state index in [1.165, 1.54) is 18.5 Å². The molecule has 1 aliphatic heterocycles. The summed E-state index contributed by atoms with van der Waals surface area (Å²) in [6.45, 7) is 8.50. The van der Waals surface area contributed by atoms with E-state index in [9.17, 15) is 0 Å². The molecule has 2 rings (SSSR count). The van der Waals surface area contributed by atoms with E-state index in [1.807, 2.05) is 6.20 Å². The van der Waals surface area contributed by atoms with Gasteiger partial charge in [0, 0.05) is 36.8 Å². The summed E-state index contributed by atoms with van der Waals surface area (Å²) in [6.07, 6.45) is 4.23. The van der Waals surface area contributed by atoms with Gasteiger partial charge in [-0.1, -0.05) is 0 Å². The summed E-state index contributed by atoms with van der Waals surface area (Å²) in [5.41, 5.74) is 6.77. The highest BCUT2D eigenvalue weighted by molar-refractivity contribution is 9.10. The normalized spacial score (nSPS) is 16.9. The third-order valence-electron chi connectivity index (χ3n) is 3.62. The first-order valence-electron chi connectivity index (χ1n) is 7.00. The maximum atomic E-state index is 5.53. The molecule has 0 bridgehead atoms. The molecule has 0 spiro atoms. The summed E-state index contributed by atoms with van der Waals surface area (Å²) in [6, 6.07) is 2.13. The van der Waals surface area contributed by atoms with Crippen molar-refractivity contribution in [3.05, 3.63) is 22.3 Å². The molecule has 19 heavy (non-hydrogen) atoms. The molecule has 1 aromatic heterocycles. The number of piperazine rings is 1. The maximum absolute atomic E-state index is 5.53. The van der Waals surface area contributed by atoms with Crippen molar-refractivity contribution in [1.82, 2.24) is 9.88 Å². The summed E-state index contributed by atoms with van der Waals surface area (Å²) < 4.78 is 1.05. The van der Waals surface area contributed by atoms with Gasteiger partial charge in [-0.15, -0.1) is 0 Å². The van der Waals surface area contributed by atoms with Crippen LogP contribution in [-0.4, -0.2) is 49.2 Å². The van der Waals surface area contributed by atoms with Crippen LogP contribution in [0.15, 0.2) is 16.7 Å². The van der Waals surface area contributed by atoms with Gasteiger partial charge in [-0.25, -0.2) is 4.98 Å². The first kappa shape index (κ1) is 14.8. The van der Waals surface area contributed by atoms with Gasteiger partial charge in [0.05, 0.1) is 0 Å². The van der Waals surface area contributed by atoms with E-state index >= 15 is 0 Å². The zero-order valence-electron chi connectivity index (χ0n) is 11.6. The van der Waals surface area contributed by atoms with Crippen molar-refractivity contribution in [2.24, 2.45) is 5.73 Å². The van der Waals surface area contributed by atoms with Crippen LogP contribution in [0.5, 0.6) is 0 Å². The SMILES string of the molecule is Cc1cc(Br)cnc1N1CCN(CCCCN)CC1. The minimum absolute atomic E-state index is 0.808. The van der Waals surface area contributed by atoms with Gasteiger partial charge in [0.25, 0.3) is 0 Å². The molecular formula is C14H23BrN4. The molecule has 4 nitrogen and oxygen atoms in total. The second kappa shape index (κ2) is 7.22. The number of unbranched alkanes of at least 4 members (excludes halogenated alkanes) is 1. The molecule has 2 N–H and O–H groups in total. The van der Waals surface area contributed by atoms with Crippen LogP contribution in [0.1, 0.15) is 18.4 Å². The monoisotopic (exact) mass is 326 g/mol. The molecular weight excluding hydrogens is 304 g/mol. The number of nitrogens with two attached hydrogens (primary N) is 1. The van der Waals surface area contributed by atoms with Gasteiger partial charge in [-0.3, -0.25) is 4.90 Å². The molecule has 0 aliphatic carbocycles. The number of hydrogen-bond acceptors (Lipinski definition) is 4. The number of pyridine rings is 1. The van der Waals surface area contributed by atoms with Crippen LogP contribution in [-0.2, 0) is 0 Å². The molecule has 0 saturated carbocycles. The molecule has 106 valence electrons. The minimum Gasteiger partial charge on any atom is -0.354 e. The largest absolute Gasteiger partial charge is 0.354 e. The highest BCUT2D eigenvalue weighted by atomic mass is 79.9. The second-order valence-corrected chi connectivity index (χ2v) is 6.03. The van der Waals surface area contributed by atoms with Crippen LogP contribution in [0.25, 0.3) is 0 Å². The fraction of sp³-hybridized carbons (Fsp3) is 0.643. The first-order valence-corrected chi connectivity index (χ1v) is 7.79. The third-order valence-corrected chi connectivity index (χ3v) is 4.05. The first-order chi connectivity index (χ1) is 9.20. The Labute approximate surface area is 124 Å². The van der Waals surface area contributed by atoms with E-state index < -0.39 is 0 Å². The van der Waals surface area contributed by atoms with Crippen molar-refractivity contribution in [1.29, 1.82) is 0 Å². The van der Waals surface area contributed by atoms with Crippen molar-refractivity contribution in [2.75, 3.05) is 44.2 Å². The Hall–Kier alpha value is -0.650. The average Bonchev–Trinajstić information content (AvgIpc) is 2.40. The van der Waals surface area contributed by atoms with Crippen LogP contribution in [0.3, 0.4) is 0 Å². The lowest BCUT2D eigenvalue weighted by Gasteiger charge is -2.36. The molecule has 0 atom stereocenters. The maximum Gasteiger partial charge on any atom is 0.131 e. The quantitative estimate of drug-likeness (QED) is 0.841. The van der Waals surface area contributed by atoms with E-state index in [4.69, 9.17) is 5.73 Å². The summed E-state index contributed by atoms with van der Waals surface area (Å²) in [7, 11) is 0. The van der Waals surface area contributed by atoms with E-state index in [1.54, 1.807) is 0 Å². The van der Waals surface area contributed by atoms with Gasteiger partial charge in [-0.2, -0.15) is 0 Å². The molecule has 1 fully saturated rings. The Kier molecular flexibility index (Phi) is 5.60. The van der Waals surface area contributed by atoms with Gasteiger partial charge in [0.1, 0.15) is 5.82 Å². The highest BCUT2D eigenvalue weighted by Gasteiger charge is 2.18. The molecule has 5 heteroatoms. The molecule has 0 radical (unpaired) electrons. The number of aromatic nitrogens is 1. The standard InChI is InChI=1S/C14H23BrN4/c1-12-10-13(15)11-17-14(12)19-8-6-18(7-9-19)5-3-2-4-16/h10-11H,2-9,16H2,1H3. The van der Waals surface area contributed by atoms with Gasteiger partial charge in [-0.05, 0) is 60.4 Å². The smallest absolute Gasteiger partial charge is 0.131 e. The lowest BCUT2D eigenvalue weighted by atomic mass is 10.2. The summed E-state index contributed by atoms with van der Waals surface area (Å²) in [5, 5.41) is 0. The van der Waals surface area contributed by atoms with Crippen LogP contribution in [0, 0.1) is 6.92 Å². The van der Waals surface area contributed by atoms with Crippen LogP contribution >= 0.6 is 15.9 Å². The van der Waals surface area contributed by atoms with E-state index in [0.717, 1.165) is 49.4 Å². The average molecular weight is 327 g/mol. The molecule has 0 amide bonds. The molecule has 0 unspecified atom stereocenters. The van der Waals surface area contributed by atoms with E-state index in [0.29, 0.717) is 0 Å². The molecule has 1 aromatic rings. The van der Waals surface area contributed by atoms with Crippen molar-refractivity contribution in [2.45, 2.75) is 19.8 Å². The Morgan fingerprint density at radius 2 is 2.00 bits per heavy atom. The van der Waals surface area contributed by atoms with Gasteiger partial charge in [0.15, 0.2) is 0 Å². The number of hydrogen-bond donors (Lipinski definition) is 1. The zero-order valence-corrected chi connectivity index (χ0v) is 13.2. The van der Waals surface area contributed by atoms with Crippen molar-refractivity contribution >= 4 is 21.7 Å². The fourth-order valence-electron chi connectivity index (χ4n) is 2.53. The van der Waals surface area contributed by atoms with Crippen molar-refractivity contribution < 1.29 is 0 Å². The fourth-order valence-corrected chi connectivity index (χ4v) is 2.97. The minimum atomic E-state index is 0.808.